The first-order valence-electron chi connectivity index (χ1n) is 2.47. The van der Waals surface area contributed by atoms with E-state index < -0.39 is 15.4 Å². The fourth-order valence-electron chi connectivity index (χ4n) is 0.623. The molecule has 1 saturated carbocycles. The van der Waals surface area contributed by atoms with Crippen LogP contribution in [0.4, 0.5) is 0 Å². The molecule has 54 valence electrons. The third-order valence-corrected chi connectivity index (χ3v) is 2.91. The normalized spacial score (nSPS) is 33.9. The predicted octanol–water partition coefficient (Wildman–Crippen LogP) is 1.40. The van der Waals surface area contributed by atoms with Crippen molar-refractivity contribution in [2.45, 2.75) is 10.8 Å². The van der Waals surface area contributed by atoms with E-state index in [1.54, 1.807) is 0 Å². The smallest absolute Gasteiger partial charge is 0.153 e. The van der Waals surface area contributed by atoms with Gasteiger partial charge in [-0.1, -0.05) is 0 Å². The van der Waals surface area contributed by atoms with Crippen molar-refractivity contribution in [3.63, 3.8) is 0 Å². The summed E-state index contributed by atoms with van der Waals surface area (Å²) in [5.74, 6) is 0.221. The summed E-state index contributed by atoms with van der Waals surface area (Å²) in [7, 11) is 0. The summed E-state index contributed by atoms with van der Waals surface area (Å²) in [5.41, 5.74) is 0. The molecule has 1 aliphatic rings. The number of alkyl halides is 2. The lowest BCUT2D eigenvalue weighted by atomic mass is 10.5. The molecule has 0 aromatic carbocycles. The van der Waals surface area contributed by atoms with Gasteiger partial charge in [-0.25, -0.2) is 4.21 Å². The molecule has 0 aromatic rings. The Morgan fingerprint density at radius 3 is 2.33 bits per heavy atom. The molecule has 0 aliphatic heterocycles. The van der Waals surface area contributed by atoms with Crippen LogP contribution in [0.2, 0.25) is 0 Å². The van der Waals surface area contributed by atoms with E-state index in [4.69, 9.17) is 27.8 Å². The van der Waals surface area contributed by atoms with Crippen molar-refractivity contribution >= 4 is 34.3 Å². The number of rotatable bonds is 2. The van der Waals surface area contributed by atoms with E-state index in [1.165, 1.54) is 0 Å². The van der Waals surface area contributed by atoms with Crippen LogP contribution in [0.1, 0.15) is 6.42 Å². The molecule has 2 atom stereocenters. The molecule has 0 aromatic heterocycles. The van der Waals surface area contributed by atoms with E-state index in [1.807, 2.05) is 0 Å². The molecule has 1 aliphatic carbocycles. The van der Waals surface area contributed by atoms with Gasteiger partial charge in [0.25, 0.3) is 0 Å². The highest BCUT2D eigenvalue weighted by Crippen LogP contribution is 2.53. The van der Waals surface area contributed by atoms with Crippen molar-refractivity contribution in [1.29, 1.82) is 0 Å². The van der Waals surface area contributed by atoms with Gasteiger partial charge in [-0.15, -0.1) is 23.2 Å². The first-order valence-corrected chi connectivity index (χ1v) is 4.51. The Kier molecular flexibility index (Phi) is 2.06. The summed E-state index contributed by atoms with van der Waals surface area (Å²) < 4.78 is 17.8. The van der Waals surface area contributed by atoms with Gasteiger partial charge in [0.2, 0.25) is 0 Å². The lowest BCUT2D eigenvalue weighted by Crippen LogP contribution is -2.01. The van der Waals surface area contributed by atoms with Crippen molar-refractivity contribution in [2.24, 2.45) is 5.92 Å². The topological polar surface area (TPSA) is 37.3 Å². The van der Waals surface area contributed by atoms with E-state index in [9.17, 15) is 4.21 Å². The van der Waals surface area contributed by atoms with Gasteiger partial charge in [0, 0.05) is 5.92 Å². The van der Waals surface area contributed by atoms with E-state index in [2.05, 4.69) is 0 Å². The van der Waals surface area contributed by atoms with Gasteiger partial charge < -0.3 is 4.55 Å². The van der Waals surface area contributed by atoms with Gasteiger partial charge in [-0.2, -0.15) is 0 Å². The van der Waals surface area contributed by atoms with Gasteiger partial charge in [0.05, 0.1) is 5.75 Å². The van der Waals surface area contributed by atoms with Crippen LogP contribution in [0.3, 0.4) is 0 Å². The number of hydrogen-bond donors (Lipinski definition) is 1. The van der Waals surface area contributed by atoms with Gasteiger partial charge in [0.1, 0.15) is 4.33 Å². The second-order valence-corrected chi connectivity index (χ2v) is 4.67. The molecule has 0 radical (unpaired) electrons. The molecule has 0 heterocycles. The largest absolute Gasteiger partial charge is 0.306 e. The summed E-state index contributed by atoms with van der Waals surface area (Å²) >= 11 is 9.39. The lowest BCUT2D eigenvalue weighted by Gasteiger charge is -1.93. The zero-order valence-corrected chi connectivity index (χ0v) is 6.84. The molecule has 0 saturated heterocycles. The molecule has 2 unspecified atom stereocenters. The standard InChI is InChI=1S/C4H6Cl2O2S/c5-4(6)1-3(4)2-9(7)8/h3H,1-2H2,(H,7,8). The summed E-state index contributed by atoms with van der Waals surface area (Å²) in [5, 5.41) is 0. The minimum atomic E-state index is -1.75. The Morgan fingerprint density at radius 2 is 2.22 bits per heavy atom. The molecule has 1 fully saturated rings. The van der Waals surface area contributed by atoms with Crippen molar-refractivity contribution in [3.05, 3.63) is 0 Å². The van der Waals surface area contributed by atoms with E-state index in [0.29, 0.717) is 6.42 Å². The first-order chi connectivity index (χ1) is 4.02. The maximum absolute atomic E-state index is 10.1. The van der Waals surface area contributed by atoms with Crippen LogP contribution in [-0.4, -0.2) is 18.8 Å². The maximum atomic E-state index is 10.1. The first kappa shape index (κ1) is 7.79. The Bertz CT molecular complexity index is 148. The number of halogens is 2. The quantitative estimate of drug-likeness (QED) is 0.526. The van der Waals surface area contributed by atoms with Crippen LogP contribution in [0, 0.1) is 5.92 Å². The molecule has 0 amide bonds. The predicted molar refractivity (Wildman–Crippen MR) is 38.2 cm³/mol. The molecule has 0 spiro atoms. The molecule has 1 N–H and O–H groups in total. The monoisotopic (exact) mass is 188 g/mol. The Morgan fingerprint density at radius 1 is 1.78 bits per heavy atom. The molecule has 1 rings (SSSR count). The van der Waals surface area contributed by atoms with Crippen LogP contribution in [0.5, 0.6) is 0 Å². The fraction of sp³-hybridized carbons (Fsp3) is 1.00. The Balaban J connectivity index is 2.28. The third-order valence-electron chi connectivity index (χ3n) is 1.30. The summed E-state index contributed by atoms with van der Waals surface area (Å²) in [4.78, 5) is 0. The SMILES string of the molecule is O=S(O)CC1CC1(Cl)Cl. The molecule has 5 heteroatoms. The van der Waals surface area contributed by atoms with Gasteiger partial charge in [-0.05, 0) is 6.42 Å². The summed E-state index contributed by atoms with van der Waals surface area (Å²) in [6.45, 7) is 0. The van der Waals surface area contributed by atoms with Crippen LogP contribution < -0.4 is 0 Å². The van der Waals surface area contributed by atoms with Gasteiger partial charge in [-0.3, -0.25) is 0 Å². The van der Waals surface area contributed by atoms with Crippen LogP contribution in [0.25, 0.3) is 0 Å². The van der Waals surface area contributed by atoms with Crippen molar-refractivity contribution in [2.75, 3.05) is 5.75 Å². The summed E-state index contributed by atoms with van der Waals surface area (Å²) in [6.07, 6.45) is 0.641. The van der Waals surface area contributed by atoms with Crippen LogP contribution >= 0.6 is 23.2 Å². The van der Waals surface area contributed by atoms with Crippen LogP contribution in [-0.2, 0) is 11.1 Å². The van der Waals surface area contributed by atoms with E-state index in [-0.39, 0.29) is 11.7 Å². The highest BCUT2D eigenvalue weighted by Gasteiger charge is 2.52. The Labute approximate surface area is 65.8 Å². The average molecular weight is 189 g/mol. The third kappa shape index (κ3) is 2.08. The average Bonchev–Trinajstić information content (AvgIpc) is 2.10. The minimum Gasteiger partial charge on any atom is -0.306 e. The Hall–Kier alpha value is 0.690. The highest BCUT2D eigenvalue weighted by molar-refractivity contribution is 7.79. The molecular weight excluding hydrogens is 183 g/mol. The second kappa shape index (κ2) is 2.38. The number of hydrogen-bond acceptors (Lipinski definition) is 1. The molecular formula is C4H6Cl2O2S. The maximum Gasteiger partial charge on any atom is 0.153 e. The van der Waals surface area contributed by atoms with E-state index >= 15 is 0 Å². The van der Waals surface area contributed by atoms with Crippen molar-refractivity contribution in [3.8, 4) is 0 Å². The van der Waals surface area contributed by atoms with Gasteiger partial charge in [0.15, 0.2) is 11.1 Å². The fourth-order valence-corrected chi connectivity index (χ4v) is 2.08. The minimum absolute atomic E-state index is 0.0201. The molecule has 9 heavy (non-hydrogen) atoms. The zero-order chi connectivity index (χ0) is 7.07. The van der Waals surface area contributed by atoms with Crippen LogP contribution in [0.15, 0.2) is 0 Å². The zero-order valence-electron chi connectivity index (χ0n) is 4.51. The molecule has 2 nitrogen and oxygen atoms in total. The van der Waals surface area contributed by atoms with Crippen molar-refractivity contribution < 1.29 is 8.76 Å². The molecule has 0 bridgehead atoms. The van der Waals surface area contributed by atoms with Crippen molar-refractivity contribution in [1.82, 2.24) is 0 Å². The van der Waals surface area contributed by atoms with E-state index in [0.717, 1.165) is 0 Å². The summed E-state index contributed by atoms with van der Waals surface area (Å²) in [6, 6.07) is 0. The van der Waals surface area contributed by atoms with Gasteiger partial charge >= 0.3 is 0 Å². The lowest BCUT2D eigenvalue weighted by molar-refractivity contribution is 0.560. The highest BCUT2D eigenvalue weighted by atomic mass is 35.5. The second-order valence-electron chi connectivity index (χ2n) is 2.15.